The molecular weight excluding hydrogens is 232 g/mol. The van der Waals surface area contributed by atoms with Gasteiger partial charge in [0.05, 0.1) is 0 Å². The molecule has 3 aromatic rings. The molecule has 19 heavy (non-hydrogen) atoms. The van der Waals surface area contributed by atoms with Gasteiger partial charge in [-0.15, -0.1) is 0 Å². The van der Waals surface area contributed by atoms with Crippen LogP contribution in [0.25, 0.3) is 10.8 Å². The molecule has 1 heterocycles. The molecule has 0 aliphatic rings. The fourth-order valence-corrected chi connectivity index (χ4v) is 2.44. The van der Waals surface area contributed by atoms with Crippen LogP contribution in [-0.4, -0.2) is 4.98 Å². The molecule has 1 unspecified atom stereocenters. The van der Waals surface area contributed by atoms with E-state index in [2.05, 4.69) is 47.4 Å². The highest BCUT2D eigenvalue weighted by molar-refractivity contribution is 5.85. The summed E-state index contributed by atoms with van der Waals surface area (Å²) in [7, 11) is 0. The Morgan fingerprint density at radius 3 is 2.47 bits per heavy atom. The van der Waals surface area contributed by atoms with Crippen LogP contribution in [0.3, 0.4) is 0 Å². The van der Waals surface area contributed by atoms with Gasteiger partial charge in [0.1, 0.15) is 0 Å². The summed E-state index contributed by atoms with van der Waals surface area (Å²) < 4.78 is 0. The average Bonchev–Trinajstić information content (AvgIpc) is 2.48. The maximum atomic E-state index is 6.29. The summed E-state index contributed by atoms with van der Waals surface area (Å²) >= 11 is 0. The molecule has 1 atom stereocenters. The maximum absolute atomic E-state index is 6.29. The minimum absolute atomic E-state index is 0.00815. The Kier molecular flexibility index (Phi) is 3.25. The topological polar surface area (TPSA) is 38.9 Å². The lowest BCUT2D eigenvalue weighted by Crippen LogP contribution is -2.13. The van der Waals surface area contributed by atoms with Crippen LogP contribution >= 0.6 is 0 Å². The Morgan fingerprint density at radius 2 is 1.63 bits per heavy atom. The van der Waals surface area contributed by atoms with Crippen molar-refractivity contribution in [1.29, 1.82) is 0 Å². The van der Waals surface area contributed by atoms with Crippen molar-refractivity contribution in [2.75, 3.05) is 0 Å². The molecule has 3 rings (SSSR count). The molecule has 0 radical (unpaired) electrons. The standard InChI is InChI=1S/C17H16N2/c18-17(14-8-10-19-11-9-14)12-15-6-3-5-13-4-1-2-7-16(13)15/h1-11,17H,12,18H2. The van der Waals surface area contributed by atoms with Gasteiger partial charge in [0.2, 0.25) is 0 Å². The molecule has 0 aliphatic carbocycles. The van der Waals surface area contributed by atoms with Crippen LogP contribution in [0.4, 0.5) is 0 Å². The van der Waals surface area contributed by atoms with Crippen LogP contribution in [0.15, 0.2) is 67.0 Å². The number of benzene rings is 2. The lowest BCUT2D eigenvalue weighted by atomic mass is 9.96. The Hall–Kier alpha value is -2.19. The van der Waals surface area contributed by atoms with Gasteiger partial charge < -0.3 is 5.73 Å². The molecule has 0 bridgehead atoms. The van der Waals surface area contributed by atoms with Gasteiger partial charge in [-0.25, -0.2) is 0 Å². The number of fused-ring (bicyclic) bond motifs is 1. The van der Waals surface area contributed by atoms with E-state index in [4.69, 9.17) is 5.73 Å². The first-order valence-electron chi connectivity index (χ1n) is 6.47. The van der Waals surface area contributed by atoms with Crippen molar-refractivity contribution >= 4 is 10.8 Å². The molecule has 0 aliphatic heterocycles. The number of hydrogen-bond acceptors (Lipinski definition) is 2. The van der Waals surface area contributed by atoms with Crippen LogP contribution in [0.1, 0.15) is 17.2 Å². The zero-order valence-electron chi connectivity index (χ0n) is 10.7. The summed E-state index contributed by atoms with van der Waals surface area (Å²) in [5.74, 6) is 0. The SMILES string of the molecule is NC(Cc1cccc2ccccc12)c1ccncc1. The molecule has 0 fully saturated rings. The van der Waals surface area contributed by atoms with Crippen molar-refractivity contribution in [3.05, 3.63) is 78.1 Å². The molecule has 2 nitrogen and oxygen atoms in total. The van der Waals surface area contributed by atoms with Gasteiger partial charge in [-0.2, -0.15) is 0 Å². The average molecular weight is 248 g/mol. The number of hydrogen-bond donors (Lipinski definition) is 1. The second-order valence-electron chi connectivity index (χ2n) is 4.73. The molecule has 2 N–H and O–H groups in total. The summed E-state index contributed by atoms with van der Waals surface area (Å²) in [5.41, 5.74) is 8.71. The van der Waals surface area contributed by atoms with Crippen LogP contribution in [-0.2, 0) is 6.42 Å². The zero-order valence-corrected chi connectivity index (χ0v) is 10.7. The summed E-state index contributed by atoms with van der Waals surface area (Å²) in [5, 5.41) is 2.55. The first kappa shape index (κ1) is 11.9. The van der Waals surface area contributed by atoms with Crippen molar-refractivity contribution in [2.24, 2.45) is 5.73 Å². The lowest BCUT2D eigenvalue weighted by Gasteiger charge is -2.13. The minimum atomic E-state index is 0.00815. The van der Waals surface area contributed by atoms with E-state index in [-0.39, 0.29) is 6.04 Å². The predicted molar refractivity (Wildman–Crippen MR) is 78.8 cm³/mol. The summed E-state index contributed by atoms with van der Waals surface area (Å²) in [6.45, 7) is 0. The number of nitrogens with zero attached hydrogens (tertiary/aromatic N) is 1. The van der Waals surface area contributed by atoms with Gasteiger partial charge in [-0.1, -0.05) is 42.5 Å². The summed E-state index contributed by atoms with van der Waals surface area (Å²) in [4.78, 5) is 4.03. The van der Waals surface area contributed by atoms with E-state index in [0.29, 0.717) is 0 Å². The van der Waals surface area contributed by atoms with Gasteiger partial charge in [0, 0.05) is 18.4 Å². The van der Waals surface area contributed by atoms with Crippen molar-refractivity contribution < 1.29 is 0 Å². The quantitative estimate of drug-likeness (QED) is 0.770. The van der Waals surface area contributed by atoms with Gasteiger partial charge in [0.15, 0.2) is 0 Å². The van der Waals surface area contributed by atoms with Crippen LogP contribution in [0, 0.1) is 0 Å². The largest absolute Gasteiger partial charge is 0.324 e. The van der Waals surface area contributed by atoms with Crippen molar-refractivity contribution in [1.82, 2.24) is 4.98 Å². The highest BCUT2D eigenvalue weighted by atomic mass is 14.6. The van der Waals surface area contributed by atoms with E-state index in [1.165, 1.54) is 16.3 Å². The smallest absolute Gasteiger partial charge is 0.0337 e. The van der Waals surface area contributed by atoms with Gasteiger partial charge >= 0.3 is 0 Å². The maximum Gasteiger partial charge on any atom is 0.0337 e. The normalized spacial score (nSPS) is 12.5. The number of nitrogens with two attached hydrogens (primary N) is 1. The monoisotopic (exact) mass is 248 g/mol. The molecule has 2 heteroatoms. The van der Waals surface area contributed by atoms with E-state index in [0.717, 1.165) is 12.0 Å². The third-order valence-electron chi connectivity index (χ3n) is 3.45. The first-order chi connectivity index (χ1) is 9.34. The molecule has 0 spiro atoms. The second-order valence-corrected chi connectivity index (χ2v) is 4.73. The fourth-order valence-electron chi connectivity index (χ4n) is 2.44. The third kappa shape index (κ3) is 2.49. The molecule has 1 aromatic heterocycles. The van der Waals surface area contributed by atoms with E-state index in [1.807, 2.05) is 12.1 Å². The number of pyridine rings is 1. The van der Waals surface area contributed by atoms with Crippen molar-refractivity contribution in [2.45, 2.75) is 12.5 Å². The second kappa shape index (κ2) is 5.21. The minimum Gasteiger partial charge on any atom is -0.324 e. The highest BCUT2D eigenvalue weighted by Gasteiger charge is 2.08. The zero-order chi connectivity index (χ0) is 13.1. The molecule has 0 amide bonds. The van der Waals surface area contributed by atoms with Crippen molar-refractivity contribution in [3.63, 3.8) is 0 Å². The predicted octanol–water partition coefficient (Wildman–Crippen LogP) is 3.48. The van der Waals surface area contributed by atoms with Crippen LogP contribution in [0.2, 0.25) is 0 Å². The number of aromatic nitrogens is 1. The Balaban J connectivity index is 1.94. The van der Waals surface area contributed by atoms with Gasteiger partial charge in [-0.05, 0) is 40.5 Å². The molecule has 94 valence electrons. The van der Waals surface area contributed by atoms with Gasteiger partial charge in [0.25, 0.3) is 0 Å². The highest BCUT2D eigenvalue weighted by Crippen LogP contribution is 2.23. The summed E-state index contributed by atoms with van der Waals surface area (Å²) in [6.07, 6.45) is 4.42. The molecule has 0 saturated heterocycles. The Labute approximate surface area is 112 Å². The first-order valence-corrected chi connectivity index (χ1v) is 6.47. The number of rotatable bonds is 3. The molecule has 0 saturated carbocycles. The van der Waals surface area contributed by atoms with E-state index in [9.17, 15) is 0 Å². The Bertz CT molecular complexity index is 672. The van der Waals surface area contributed by atoms with E-state index in [1.54, 1.807) is 12.4 Å². The van der Waals surface area contributed by atoms with Crippen LogP contribution < -0.4 is 5.73 Å². The van der Waals surface area contributed by atoms with Crippen molar-refractivity contribution in [3.8, 4) is 0 Å². The van der Waals surface area contributed by atoms with Gasteiger partial charge in [-0.3, -0.25) is 4.98 Å². The lowest BCUT2D eigenvalue weighted by molar-refractivity contribution is 0.724. The Morgan fingerprint density at radius 1 is 0.895 bits per heavy atom. The van der Waals surface area contributed by atoms with Crippen LogP contribution in [0.5, 0.6) is 0 Å². The fraction of sp³-hybridized carbons (Fsp3) is 0.118. The molecular formula is C17H16N2. The summed E-state index contributed by atoms with van der Waals surface area (Å²) in [6, 6.07) is 18.8. The third-order valence-corrected chi connectivity index (χ3v) is 3.45. The van der Waals surface area contributed by atoms with E-state index < -0.39 is 0 Å². The molecule has 2 aromatic carbocycles. The van der Waals surface area contributed by atoms with E-state index >= 15 is 0 Å².